The Morgan fingerprint density at radius 3 is 2.57 bits per heavy atom. The Hall–Kier alpha value is -1.37. The summed E-state index contributed by atoms with van der Waals surface area (Å²) in [6, 6.07) is 1.01. The summed E-state index contributed by atoms with van der Waals surface area (Å²) in [5.74, 6) is 0.252. The number of hydrogen-bond acceptors (Lipinski definition) is 4. The number of aromatic nitrogens is 2. The van der Waals surface area contributed by atoms with Crippen LogP contribution in [0.3, 0.4) is 0 Å². The summed E-state index contributed by atoms with van der Waals surface area (Å²) < 4.78 is 39.0. The van der Waals surface area contributed by atoms with Crippen molar-refractivity contribution < 1.29 is 18.3 Å². The van der Waals surface area contributed by atoms with Crippen molar-refractivity contribution in [3.05, 3.63) is 17.5 Å². The van der Waals surface area contributed by atoms with E-state index < -0.39 is 11.9 Å². The van der Waals surface area contributed by atoms with Gasteiger partial charge in [-0.15, -0.1) is 0 Å². The van der Waals surface area contributed by atoms with Crippen LogP contribution >= 0.6 is 0 Å². The fourth-order valence-corrected chi connectivity index (χ4v) is 3.90. The lowest BCUT2D eigenvalue weighted by molar-refractivity contribution is -0.141. The monoisotopic (exact) mass is 329 g/mol. The maximum absolute atomic E-state index is 13.0. The van der Waals surface area contributed by atoms with Crippen LogP contribution in [0.5, 0.6) is 0 Å². The molecule has 4 nitrogen and oxygen atoms in total. The van der Waals surface area contributed by atoms with E-state index in [-0.39, 0.29) is 24.0 Å². The largest absolute Gasteiger partial charge is 0.433 e. The van der Waals surface area contributed by atoms with Crippen molar-refractivity contribution in [3.8, 4) is 0 Å². The molecule has 0 spiro atoms. The number of aliphatic hydroxyl groups excluding tert-OH is 1. The number of rotatable bonds is 2. The minimum atomic E-state index is -4.47. The third-order valence-corrected chi connectivity index (χ3v) is 4.96. The first-order valence-electron chi connectivity index (χ1n) is 8.24. The summed E-state index contributed by atoms with van der Waals surface area (Å²) >= 11 is 0. The minimum Gasteiger partial charge on any atom is -0.393 e. The highest BCUT2D eigenvalue weighted by Crippen LogP contribution is 2.37. The van der Waals surface area contributed by atoms with Gasteiger partial charge in [-0.25, -0.2) is 9.97 Å². The van der Waals surface area contributed by atoms with E-state index in [0.29, 0.717) is 12.2 Å². The maximum atomic E-state index is 13.0. The van der Waals surface area contributed by atoms with Crippen molar-refractivity contribution in [2.24, 2.45) is 5.92 Å². The summed E-state index contributed by atoms with van der Waals surface area (Å²) in [6.07, 6.45) is 0.700. The molecule has 1 saturated carbocycles. The van der Waals surface area contributed by atoms with Crippen LogP contribution in [0.15, 0.2) is 6.07 Å². The SMILES string of the molecule is Cc1cc(C(F)(F)F)nc(N2CCCC2C2CCCCC2O)n1. The number of aryl methyl sites for hydroxylation is 1. The molecule has 2 fully saturated rings. The molecule has 3 rings (SSSR count). The van der Waals surface area contributed by atoms with Crippen molar-refractivity contribution in [1.29, 1.82) is 0 Å². The Balaban J connectivity index is 1.89. The zero-order chi connectivity index (χ0) is 16.6. The molecule has 23 heavy (non-hydrogen) atoms. The van der Waals surface area contributed by atoms with Crippen LogP contribution < -0.4 is 4.90 Å². The Kier molecular flexibility index (Phi) is 4.49. The van der Waals surface area contributed by atoms with Crippen LogP contribution in [-0.4, -0.2) is 33.8 Å². The lowest BCUT2D eigenvalue weighted by Crippen LogP contribution is -2.43. The summed E-state index contributed by atoms with van der Waals surface area (Å²) in [4.78, 5) is 9.87. The molecule has 2 aliphatic rings. The molecule has 0 amide bonds. The smallest absolute Gasteiger partial charge is 0.393 e. The van der Waals surface area contributed by atoms with E-state index in [4.69, 9.17) is 0 Å². The van der Waals surface area contributed by atoms with E-state index in [2.05, 4.69) is 9.97 Å². The van der Waals surface area contributed by atoms with Crippen molar-refractivity contribution >= 4 is 5.95 Å². The summed E-state index contributed by atoms with van der Waals surface area (Å²) in [5.41, 5.74) is -0.577. The topological polar surface area (TPSA) is 49.2 Å². The number of alkyl halides is 3. The molecule has 1 aliphatic carbocycles. The standard InChI is InChI=1S/C16H22F3N3O/c1-10-9-14(16(17,18)19)21-15(20-10)22-8-4-6-12(22)11-5-2-3-7-13(11)23/h9,11-13,23H,2-8H2,1H3. The van der Waals surface area contributed by atoms with Gasteiger partial charge in [-0.05, 0) is 38.7 Å². The van der Waals surface area contributed by atoms with Gasteiger partial charge in [0, 0.05) is 24.2 Å². The second-order valence-electron chi connectivity index (χ2n) is 6.61. The molecule has 1 aliphatic heterocycles. The van der Waals surface area contributed by atoms with Crippen LogP contribution in [0.4, 0.5) is 19.1 Å². The van der Waals surface area contributed by atoms with Crippen molar-refractivity contribution in [3.63, 3.8) is 0 Å². The molecule has 128 valence electrons. The second kappa shape index (κ2) is 6.26. The van der Waals surface area contributed by atoms with Gasteiger partial charge in [-0.2, -0.15) is 13.2 Å². The summed E-state index contributed by atoms with van der Waals surface area (Å²) in [7, 11) is 0. The Morgan fingerprint density at radius 2 is 1.87 bits per heavy atom. The Labute approximate surface area is 133 Å². The third-order valence-electron chi connectivity index (χ3n) is 4.96. The molecule has 1 N–H and O–H groups in total. The van der Waals surface area contributed by atoms with Gasteiger partial charge in [0.25, 0.3) is 0 Å². The average molecular weight is 329 g/mol. The average Bonchev–Trinajstić information content (AvgIpc) is 2.95. The zero-order valence-corrected chi connectivity index (χ0v) is 13.2. The third kappa shape index (κ3) is 3.44. The Morgan fingerprint density at radius 1 is 1.13 bits per heavy atom. The molecular formula is C16H22F3N3O. The molecule has 1 saturated heterocycles. The molecule has 0 bridgehead atoms. The van der Waals surface area contributed by atoms with Gasteiger partial charge in [-0.1, -0.05) is 12.8 Å². The number of anilines is 1. The first-order valence-corrected chi connectivity index (χ1v) is 8.24. The van der Waals surface area contributed by atoms with Crippen LogP contribution in [0.2, 0.25) is 0 Å². The molecular weight excluding hydrogens is 307 g/mol. The van der Waals surface area contributed by atoms with Gasteiger partial charge < -0.3 is 10.0 Å². The first kappa shape index (κ1) is 16.5. The van der Waals surface area contributed by atoms with Crippen LogP contribution in [0.1, 0.15) is 49.9 Å². The highest BCUT2D eigenvalue weighted by molar-refractivity contribution is 5.36. The molecule has 3 unspecified atom stereocenters. The van der Waals surface area contributed by atoms with E-state index in [0.717, 1.165) is 44.6 Å². The number of hydrogen-bond donors (Lipinski definition) is 1. The maximum Gasteiger partial charge on any atom is 0.433 e. The predicted molar refractivity (Wildman–Crippen MR) is 80.1 cm³/mol. The quantitative estimate of drug-likeness (QED) is 0.904. The fourth-order valence-electron chi connectivity index (χ4n) is 3.90. The fraction of sp³-hybridized carbons (Fsp3) is 0.750. The lowest BCUT2D eigenvalue weighted by atomic mass is 9.80. The molecule has 1 aromatic heterocycles. The molecule has 2 heterocycles. The second-order valence-corrected chi connectivity index (χ2v) is 6.61. The lowest BCUT2D eigenvalue weighted by Gasteiger charge is -2.37. The molecule has 0 aromatic carbocycles. The van der Waals surface area contributed by atoms with Crippen LogP contribution in [0, 0.1) is 12.8 Å². The first-order chi connectivity index (χ1) is 10.9. The predicted octanol–water partition coefficient (Wildman–Crippen LogP) is 3.32. The summed E-state index contributed by atoms with van der Waals surface area (Å²) in [6.45, 7) is 2.20. The minimum absolute atomic E-state index is 0.0354. The van der Waals surface area contributed by atoms with Crippen LogP contribution in [0.25, 0.3) is 0 Å². The highest BCUT2D eigenvalue weighted by atomic mass is 19.4. The zero-order valence-electron chi connectivity index (χ0n) is 13.2. The molecule has 1 aromatic rings. The van der Waals surface area contributed by atoms with Crippen LogP contribution in [-0.2, 0) is 6.18 Å². The summed E-state index contributed by atoms with van der Waals surface area (Å²) in [5, 5.41) is 10.3. The van der Waals surface area contributed by atoms with Gasteiger partial charge in [0.2, 0.25) is 5.95 Å². The number of halogens is 3. The van der Waals surface area contributed by atoms with Crippen molar-refractivity contribution in [1.82, 2.24) is 9.97 Å². The Bertz CT molecular complexity index is 564. The van der Waals surface area contributed by atoms with E-state index in [1.165, 1.54) is 0 Å². The normalized spacial score (nSPS) is 29.1. The van der Waals surface area contributed by atoms with Gasteiger partial charge in [0.05, 0.1) is 6.10 Å². The van der Waals surface area contributed by atoms with E-state index in [1.807, 2.05) is 4.90 Å². The molecule has 3 atom stereocenters. The van der Waals surface area contributed by atoms with Gasteiger partial charge in [0.15, 0.2) is 0 Å². The van der Waals surface area contributed by atoms with Gasteiger partial charge in [0.1, 0.15) is 5.69 Å². The van der Waals surface area contributed by atoms with E-state index in [9.17, 15) is 18.3 Å². The molecule has 7 heteroatoms. The van der Waals surface area contributed by atoms with E-state index in [1.54, 1.807) is 6.92 Å². The number of aliphatic hydroxyl groups is 1. The van der Waals surface area contributed by atoms with Gasteiger partial charge in [-0.3, -0.25) is 0 Å². The van der Waals surface area contributed by atoms with Gasteiger partial charge >= 0.3 is 6.18 Å². The number of nitrogens with zero attached hydrogens (tertiary/aromatic N) is 3. The highest BCUT2D eigenvalue weighted by Gasteiger charge is 2.39. The van der Waals surface area contributed by atoms with E-state index >= 15 is 0 Å². The molecule has 0 radical (unpaired) electrons. The van der Waals surface area contributed by atoms with Crippen molar-refractivity contribution in [2.45, 2.75) is 63.8 Å². The van der Waals surface area contributed by atoms with Crippen molar-refractivity contribution in [2.75, 3.05) is 11.4 Å².